The van der Waals surface area contributed by atoms with Gasteiger partial charge in [0.25, 0.3) is 0 Å². The molecule has 0 saturated heterocycles. The summed E-state index contributed by atoms with van der Waals surface area (Å²) in [6, 6.07) is 5.86. The Morgan fingerprint density at radius 1 is 1.35 bits per heavy atom. The van der Waals surface area contributed by atoms with Crippen molar-refractivity contribution in [2.24, 2.45) is 5.92 Å². The predicted molar refractivity (Wildman–Crippen MR) is 93.4 cm³/mol. The second kappa shape index (κ2) is 9.88. The minimum absolute atomic E-state index is 0.322. The molecule has 0 aliphatic carbocycles. The summed E-state index contributed by atoms with van der Waals surface area (Å²) in [6.45, 7) is 7.68. The summed E-state index contributed by atoms with van der Waals surface area (Å²) in [7, 11) is 0. The largest absolute Gasteiger partial charge is 0.467 e. The van der Waals surface area contributed by atoms with Gasteiger partial charge in [0.15, 0.2) is 0 Å². The van der Waals surface area contributed by atoms with Crippen LogP contribution in [0.1, 0.15) is 31.6 Å². The summed E-state index contributed by atoms with van der Waals surface area (Å²) in [6.07, 6.45) is 2.27. The first kappa shape index (κ1) is 18.2. The van der Waals surface area contributed by atoms with Gasteiger partial charge in [-0.3, -0.25) is 4.90 Å². The zero-order chi connectivity index (χ0) is 16.5. The molecule has 1 atom stereocenters. The van der Waals surface area contributed by atoms with E-state index in [9.17, 15) is 5.11 Å². The van der Waals surface area contributed by atoms with Crippen molar-refractivity contribution in [1.82, 2.24) is 4.90 Å². The van der Waals surface area contributed by atoms with Crippen LogP contribution in [0.25, 0.3) is 0 Å². The molecule has 0 bridgehead atoms. The van der Waals surface area contributed by atoms with Gasteiger partial charge >= 0.3 is 0 Å². The lowest BCUT2D eigenvalue weighted by atomic mass is 10.1. The van der Waals surface area contributed by atoms with Gasteiger partial charge in [-0.1, -0.05) is 13.8 Å². The number of rotatable bonds is 11. The van der Waals surface area contributed by atoms with Crippen molar-refractivity contribution < 1.29 is 14.3 Å². The fourth-order valence-electron chi connectivity index (χ4n) is 2.36. The molecular formula is C18H27NO3S. The van der Waals surface area contributed by atoms with E-state index in [1.807, 2.05) is 12.1 Å². The molecule has 0 radical (unpaired) electrons. The molecule has 0 aromatic carbocycles. The molecule has 1 unspecified atom stereocenters. The van der Waals surface area contributed by atoms with E-state index in [1.54, 1.807) is 17.6 Å². The Morgan fingerprint density at radius 2 is 2.22 bits per heavy atom. The molecule has 0 aliphatic heterocycles. The standard InChI is InChI=1S/C18H27NO3S/c1-15(2)5-7-19(10-16-6-9-23-14-16)11-17(20)12-21-13-18-4-3-8-22-18/h3-4,6,8-9,14-15,17,20H,5,7,10-13H2,1-2H3. The first-order chi connectivity index (χ1) is 11.1. The third kappa shape index (κ3) is 7.31. The van der Waals surface area contributed by atoms with Gasteiger partial charge in [0.1, 0.15) is 12.4 Å². The second-order valence-corrected chi connectivity index (χ2v) is 7.08. The van der Waals surface area contributed by atoms with Crippen molar-refractivity contribution >= 4 is 11.3 Å². The number of aliphatic hydroxyl groups excluding tert-OH is 1. The van der Waals surface area contributed by atoms with Gasteiger partial charge in [-0.05, 0) is 53.4 Å². The average molecular weight is 337 g/mol. The Hall–Kier alpha value is -1.14. The molecule has 2 aromatic rings. The number of hydrogen-bond acceptors (Lipinski definition) is 5. The Labute approximate surface area is 142 Å². The highest BCUT2D eigenvalue weighted by Crippen LogP contribution is 2.12. The van der Waals surface area contributed by atoms with Crippen molar-refractivity contribution in [3.63, 3.8) is 0 Å². The molecule has 5 heteroatoms. The lowest BCUT2D eigenvalue weighted by Gasteiger charge is -2.25. The average Bonchev–Trinajstić information content (AvgIpc) is 3.18. The zero-order valence-electron chi connectivity index (χ0n) is 14.0. The summed E-state index contributed by atoms with van der Waals surface area (Å²) < 4.78 is 10.7. The molecule has 1 N–H and O–H groups in total. The maximum Gasteiger partial charge on any atom is 0.129 e. The quantitative estimate of drug-likeness (QED) is 0.678. The lowest BCUT2D eigenvalue weighted by Crippen LogP contribution is -2.35. The van der Waals surface area contributed by atoms with Gasteiger partial charge in [0.05, 0.1) is 19.0 Å². The number of furan rings is 1. The van der Waals surface area contributed by atoms with Crippen LogP contribution in [0.15, 0.2) is 39.6 Å². The van der Waals surface area contributed by atoms with Crippen LogP contribution in [0.2, 0.25) is 0 Å². The topological polar surface area (TPSA) is 45.8 Å². The van der Waals surface area contributed by atoms with E-state index in [-0.39, 0.29) is 0 Å². The predicted octanol–water partition coefficient (Wildman–Crippen LogP) is 3.77. The van der Waals surface area contributed by atoms with Crippen LogP contribution >= 0.6 is 11.3 Å². The third-order valence-corrected chi connectivity index (χ3v) is 4.34. The minimum atomic E-state index is -0.490. The number of hydrogen-bond donors (Lipinski definition) is 1. The smallest absolute Gasteiger partial charge is 0.129 e. The maximum absolute atomic E-state index is 10.2. The zero-order valence-corrected chi connectivity index (χ0v) is 14.8. The van der Waals surface area contributed by atoms with Gasteiger partial charge in [-0.15, -0.1) is 0 Å². The number of aliphatic hydroxyl groups is 1. The molecule has 0 fully saturated rings. The highest BCUT2D eigenvalue weighted by Gasteiger charge is 2.14. The van der Waals surface area contributed by atoms with E-state index in [1.165, 1.54) is 5.56 Å². The molecule has 128 valence electrons. The first-order valence-corrected chi connectivity index (χ1v) is 9.09. The Balaban J connectivity index is 1.75. The molecule has 2 aromatic heterocycles. The number of ether oxygens (including phenoxy) is 1. The fraction of sp³-hybridized carbons (Fsp3) is 0.556. The van der Waals surface area contributed by atoms with E-state index in [0.717, 1.165) is 25.3 Å². The van der Waals surface area contributed by atoms with Gasteiger partial charge in [0.2, 0.25) is 0 Å². The van der Waals surface area contributed by atoms with Gasteiger partial charge < -0.3 is 14.3 Å². The Kier molecular flexibility index (Phi) is 7.82. The summed E-state index contributed by atoms with van der Waals surface area (Å²) >= 11 is 1.71. The SMILES string of the molecule is CC(C)CCN(Cc1ccsc1)CC(O)COCc1ccco1. The third-order valence-electron chi connectivity index (χ3n) is 3.61. The second-order valence-electron chi connectivity index (χ2n) is 6.30. The molecule has 0 aliphatic rings. The Bertz CT molecular complexity index is 510. The molecule has 23 heavy (non-hydrogen) atoms. The molecule has 2 rings (SSSR count). The van der Waals surface area contributed by atoms with Gasteiger partial charge in [-0.2, -0.15) is 11.3 Å². The normalized spacial score (nSPS) is 13.1. The lowest BCUT2D eigenvalue weighted by molar-refractivity contribution is 0.00327. The first-order valence-electron chi connectivity index (χ1n) is 8.15. The van der Waals surface area contributed by atoms with Crippen molar-refractivity contribution in [2.45, 2.75) is 39.5 Å². The van der Waals surface area contributed by atoms with Crippen molar-refractivity contribution in [1.29, 1.82) is 0 Å². The minimum Gasteiger partial charge on any atom is -0.467 e. The molecular weight excluding hydrogens is 310 g/mol. The monoisotopic (exact) mass is 337 g/mol. The van der Waals surface area contributed by atoms with E-state index in [0.29, 0.717) is 25.7 Å². The van der Waals surface area contributed by atoms with Crippen LogP contribution in [0.5, 0.6) is 0 Å². The van der Waals surface area contributed by atoms with Gasteiger partial charge in [-0.25, -0.2) is 0 Å². The Morgan fingerprint density at radius 3 is 2.87 bits per heavy atom. The van der Waals surface area contributed by atoms with Crippen molar-refractivity contribution in [2.75, 3.05) is 19.7 Å². The highest BCUT2D eigenvalue weighted by molar-refractivity contribution is 7.07. The summed E-state index contributed by atoms with van der Waals surface area (Å²) in [5.74, 6) is 1.44. The van der Waals surface area contributed by atoms with E-state index < -0.39 is 6.10 Å². The molecule has 4 nitrogen and oxygen atoms in total. The van der Waals surface area contributed by atoms with Crippen molar-refractivity contribution in [3.8, 4) is 0 Å². The van der Waals surface area contributed by atoms with E-state index in [4.69, 9.17) is 9.15 Å². The van der Waals surface area contributed by atoms with Crippen LogP contribution in [-0.2, 0) is 17.9 Å². The number of nitrogens with zero attached hydrogens (tertiary/aromatic N) is 1. The molecule has 0 spiro atoms. The molecule has 0 saturated carbocycles. The van der Waals surface area contributed by atoms with E-state index >= 15 is 0 Å². The fourth-order valence-corrected chi connectivity index (χ4v) is 3.02. The summed E-state index contributed by atoms with van der Waals surface area (Å²) in [4.78, 5) is 2.31. The van der Waals surface area contributed by atoms with Crippen LogP contribution < -0.4 is 0 Å². The summed E-state index contributed by atoms with van der Waals surface area (Å²) in [5.41, 5.74) is 1.31. The van der Waals surface area contributed by atoms with E-state index in [2.05, 4.69) is 35.6 Å². The molecule has 2 heterocycles. The van der Waals surface area contributed by atoms with Crippen LogP contribution in [-0.4, -0.2) is 35.8 Å². The van der Waals surface area contributed by atoms with Crippen LogP contribution in [0, 0.1) is 5.92 Å². The van der Waals surface area contributed by atoms with Crippen LogP contribution in [0.3, 0.4) is 0 Å². The van der Waals surface area contributed by atoms with Crippen LogP contribution in [0.4, 0.5) is 0 Å². The summed E-state index contributed by atoms with van der Waals surface area (Å²) in [5, 5.41) is 14.5. The maximum atomic E-state index is 10.2. The number of thiophene rings is 1. The highest BCUT2D eigenvalue weighted by atomic mass is 32.1. The van der Waals surface area contributed by atoms with Gasteiger partial charge in [0, 0.05) is 13.1 Å². The molecule has 0 amide bonds. The van der Waals surface area contributed by atoms with Crippen molar-refractivity contribution in [3.05, 3.63) is 46.5 Å².